The summed E-state index contributed by atoms with van der Waals surface area (Å²) in [7, 11) is 0. The maximum absolute atomic E-state index is 14.0. The van der Waals surface area contributed by atoms with Crippen molar-refractivity contribution in [2.45, 2.75) is 12.7 Å². The zero-order valence-corrected chi connectivity index (χ0v) is 19.9. The Morgan fingerprint density at radius 1 is 0.865 bits per heavy atom. The van der Waals surface area contributed by atoms with Crippen LogP contribution < -0.4 is 14.9 Å². The van der Waals surface area contributed by atoms with E-state index in [9.17, 15) is 23.1 Å². The van der Waals surface area contributed by atoms with Crippen LogP contribution in [-0.4, -0.2) is 9.51 Å². The minimum atomic E-state index is -5.07. The molecule has 0 spiro atoms. The number of ether oxygens (including phenoxy) is 1. The van der Waals surface area contributed by atoms with Gasteiger partial charge in [-0.2, -0.15) is 22.1 Å². The summed E-state index contributed by atoms with van der Waals surface area (Å²) in [5.41, 5.74) is -1.46. The molecule has 0 fully saturated rings. The molecule has 0 amide bonds. The predicted molar refractivity (Wildman–Crippen MR) is 133 cm³/mol. The monoisotopic (exact) mass is 523 g/mol. The average molecular weight is 524 g/mol. The van der Waals surface area contributed by atoms with E-state index in [0.717, 1.165) is 8.97 Å². The van der Waals surface area contributed by atoms with Gasteiger partial charge in [-0.3, -0.25) is 0 Å². The number of halogens is 4. The van der Waals surface area contributed by atoms with Gasteiger partial charge in [0.2, 0.25) is 5.56 Å². The smallest absolute Gasteiger partial charge is 0.431 e. The molecule has 0 aliphatic carbocycles. The van der Waals surface area contributed by atoms with E-state index in [1.165, 1.54) is 6.07 Å². The first-order valence-corrected chi connectivity index (χ1v) is 11.6. The Balaban J connectivity index is 1.61. The lowest BCUT2D eigenvalue weighted by Gasteiger charge is -2.14. The summed E-state index contributed by atoms with van der Waals surface area (Å²) in [5, 5.41) is 11.2. The van der Waals surface area contributed by atoms with Crippen molar-refractivity contribution < 1.29 is 27.6 Å². The Labute approximate surface area is 214 Å². The molecule has 0 saturated heterocycles. The van der Waals surface area contributed by atoms with E-state index in [1.54, 1.807) is 91.0 Å². The zero-order valence-electron chi connectivity index (χ0n) is 19.1. The fourth-order valence-electron chi connectivity index (χ4n) is 4.12. The summed E-state index contributed by atoms with van der Waals surface area (Å²) in [6, 6.07) is 26.8. The molecule has 2 heterocycles. The lowest BCUT2D eigenvalue weighted by Crippen LogP contribution is -2.44. The van der Waals surface area contributed by atoms with Crippen molar-refractivity contribution in [1.82, 2.24) is 4.40 Å². The van der Waals surface area contributed by atoms with Crippen molar-refractivity contribution in [1.29, 1.82) is 0 Å². The van der Waals surface area contributed by atoms with Gasteiger partial charge in [0.05, 0.1) is 0 Å². The lowest BCUT2D eigenvalue weighted by molar-refractivity contribution is -0.673. The standard InChI is InChI=1S/C28H18ClF3N2O3/c29-20-8-4-9-22(16-20)37-21-14-12-18(13-15-21)17-33-24-11-5-10-23(19-6-2-1-3-7-19)34(24)27(36)25(26(33)35)28(30,31)32/h1-16H,17H2/p+1. The van der Waals surface area contributed by atoms with E-state index in [2.05, 4.69) is 0 Å². The van der Waals surface area contributed by atoms with Gasteiger partial charge in [-0.1, -0.05) is 60.1 Å². The highest BCUT2D eigenvalue weighted by molar-refractivity contribution is 6.30. The Bertz CT molecular complexity index is 1650. The summed E-state index contributed by atoms with van der Waals surface area (Å²) in [5.74, 6) is -0.123. The second-order valence-electron chi connectivity index (χ2n) is 8.26. The number of nitrogens with zero attached hydrogens (tertiary/aromatic N) is 2. The number of aromatic hydroxyl groups is 1. The van der Waals surface area contributed by atoms with Crippen molar-refractivity contribution in [2.75, 3.05) is 0 Å². The Kier molecular flexibility index (Phi) is 6.35. The van der Waals surface area contributed by atoms with Crippen LogP contribution in [0, 0.1) is 0 Å². The normalized spacial score (nSPS) is 11.6. The molecule has 0 radical (unpaired) electrons. The van der Waals surface area contributed by atoms with E-state index < -0.39 is 23.2 Å². The molecular weight excluding hydrogens is 505 g/mol. The van der Waals surface area contributed by atoms with Crippen LogP contribution in [-0.2, 0) is 12.7 Å². The number of fused-ring (bicyclic) bond motifs is 1. The maximum atomic E-state index is 14.0. The molecule has 0 saturated carbocycles. The minimum absolute atomic E-state index is 0.108. The summed E-state index contributed by atoms with van der Waals surface area (Å²) in [6.45, 7) is -0.131. The van der Waals surface area contributed by atoms with Gasteiger partial charge < -0.3 is 9.84 Å². The number of pyridine rings is 1. The van der Waals surface area contributed by atoms with Gasteiger partial charge in [0.1, 0.15) is 23.7 Å². The second kappa shape index (κ2) is 9.63. The van der Waals surface area contributed by atoms with Crippen LogP contribution in [0.1, 0.15) is 11.1 Å². The second-order valence-corrected chi connectivity index (χ2v) is 8.70. The maximum Gasteiger partial charge on any atom is 0.431 e. The summed E-state index contributed by atoms with van der Waals surface area (Å²) in [4.78, 5) is 13.1. The third-order valence-corrected chi connectivity index (χ3v) is 6.03. The molecule has 0 aliphatic heterocycles. The molecule has 0 unspecified atom stereocenters. The number of hydrogen-bond donors (Lipinski definition) is 1. The van der Waals surface area contributed by atoms with Crippen molar-refractivity contribution >= 4 is 17.2 Å². The van der Waals surface area contributed by atoms with Gasteiger partial charge in [0, 0.05) is 16.7 Å². The highest BCUT2D eigenvalue weighted by Gasteiger charge is 2.44. The van der Waals surface area contributed by atoms with Gasteiger partial charge in [-0.25, -0.2) is 4.79 Å². The van der Waals surface area contributed by atoms with Gasteiger partial charge in [-0.15, -0.1) is 0 Å². The van der Waals surface area contributed by atoms with Gasteiger partial charge >= 0.3 is 17.6 Å². The van der Waals surface area contributed by atoms with Crippen LogP contribution in [0.2, 0.25) is 5.02 Å². The number of aromatic nitrogens is 2. The first-order chi connectivity index (χ1) is 17.7. The van der Waals surface area contributed by atoms with Crippen LogP contribution in [0.3, 0.4) is 0 Å². The Morgan fingerprint density at radius 3 is 2.24 bits per heavy atom. The zero-order chi connectivity index (χ0) is 26.2. The van der Waals surface area contributed by atoms with Crippen LogP contribution in [0.4, 0.5) is 13.2 Å². The van der Waals surface area contributed by atoms with Crippen LogP contribution in [0.25, 0.3) is 16.9 Å². The Morgan fingerprint density at radius 2 is 1.57 bits per heavy atom. The third kappa shape index (κ3) is 4.88. The van der Waals surface area contributed by atoms with Gasteiger partial charge in [0.25, 0.3) is 5.65 Å². The van der Waals surface area contributed by atoms with E-state index in [-0.39, 0.29) is 17.9 Å². The van der Waals surface area contributed by atoms with E-state index in [0.29, 0.717) is 27.6 Å². The van der Waals surface area contributed by atoms with E-state index in [1.807, 2.05) is 0 Å². The minimum Gasteiger partial charge on any atom is -0.477 e. The van der Waals surface area contributed by atoms with Crippen LogP contribution >= 0.6 is 11.6 Å². The highest BCUT2D eigenvalue weighted by Crippen LogP contribution is 2.32. The molecule has 2 aromatic heterocycles. The number of rotatable bonds is 5. The Hall–Kier alpha value is -4.30. The highest BCUT2D eigenvalue weighted by atomic mass is 35.5. The number of benzene rings is 3. The lowest BCUT2D eigenvalue weighted by atomic mass is 10.1. The first-order valence-electron chi connectivity index (χ1n) is 11.2. The third-order valence-electron chi connectivity index (χ3n) is 5.79. The quantitative estimate of drug-likeness (QED) is 0.269. The molecule has 37 heavy (non-hydrogen) atoms. The van der Waals surface area contributed by atoms with E-state index >= 15 is 0 Å². The van der Waals surface area contributed by atoms with Crippen molar-refractivity contribution in [3.05, 3.63) is 124 Å². The van der Waals surface area contributed by atoms with Crippen molar-refractivity contribution in [3.63, 3.8) is 0 Å². The van der Waals surface area contributed by atoms with Crippen molar-refractivity contribution in [3.8, 4) is 28.6 Å². The molecule has 5 aromatic rings. The van der Waals surface area contributed by atoms with E-state index in [4.69, 9.17) is 16.3 Å². The SMILES string of the molecule is O=c1c(C(F)(F)F)c(O)[n+](Cc2ccc(Oc3cccc(Cl)c3)cc2)c2cccc(-c3ccccc3)n12. The van der Waals surface area contributed by atoms with Gasteiger partial charge in [-0.05, 0) is 48.0 Å². The average Bonchev–Trinajstić information content (AvgIpc) is 2.87. The number of hydrogen-bond acceptors (Lipinski definition) is 3. The molecule has 3 aromatic carbocycles. The topological polar surface area (TPSA) is 54.8 Å². The molecule has 1 N–H and O–H groups in total. The largest absolute Gasteiger partial charge is 0.477 e. The summed E-state index contributed by atoms with van der Waals surface area (Å²) >= 11 is 5.98. The molecule has 0 aliphatic rings. The fraction of sp³-hybridized carbons (Fsp3) is 0.0714. The predicted octanol–water partition coefficient (Wildman–Crippen LogP) is 6.47. The fourth-order valence-corrected chi connectivity index (χ4v) is 4.30. The van der Waals surface area contributed by atoms with Crippen LogP contribution in [0.5, 0.6) is 17.4 Å². The molecule has 5 rings (SSSR count). The number of alkyl halides is 3. The summed E-state index contributed by atoms with van der Waals surface area (Å²) in [6.07, 6.45) is -5.07. The molecule has 0 bridgehead atoms. The first kappa shape index (κ1) is 24.4. The molecule has 186 valence electrons. The van der Waals surface area contributed by atoms with Gasteiger partial charge in [0.15, 0.2) is 0 Å². The van der Waals surface area contributed by atoms with Crippen molar-refractivity contribution in [2.24, 2.45) is 0 Å². The summed E-state index contributed by atoms with van der Waals surface area (Å²) < 4.78 is 49.7. The molecular formula is C28H19ClF3N2O3+. The molecule has 0 atom stereocenters. The molecule has 5 nitrogen and oxygen atoms in total. The molecule has 9 heteroatoms. The van der Waals surface area contributed by atoms with Crippen LogP contribution in [0.15, 0.2) is 102 Å².